The molecular weight excluding hydrogens is 360 g/mol. The van der Waals surface area contributed by atoms with Gasteiger partial charge in [-0.05, 0) is 19.2 Å². The Kier molecular flexibility index (Phi) is 7.70. The molecule has 9 nitrogen and oxygen atoms in total. The van der Waals surface area contributed by atoms with Gasteiger partial charge in [-0.25, -0.2) is 14.8 Å². The zero-order chi connectivity index (χ0) is 18.9. The SMILES string of the molecule is CCOC(=O)c1cnc(SC)nc1C(=O)c1ccn(CCOCOC)n1. The summed E-state index contributed by atoms with van der Waals surface area (Å²) in [7, 11) is 1.54. The summed E-state index contributed by atoms with van der Waals surface area (Å²) in [5.41, 5.74) is 0.171. The highest BCUT2D eigenvalue weighted by Gasteiger charge is 2.24. The van der Waals surface area contributed by atoms with Crippen molar-refractivity contribution in [3.05, 3.63) is 35.4 Å². The molecule has 0 aliphatic heterocycles. The number of ketones is 1. The molecule has 0 N–H and O–H groups in total. The van der Waals surface area contributed by atoms with E-state index >= 15 is 0 Å². The van der Waals surface area contributed by atoms with Gasteiger partial charge in [0.1, 0.15) is 23.7 Å². The molecule has 0 spiro atoms. The van der Waals surface area contributed by atoms with E-state index in [1.807, 2.05) is 0 Å². The molecule has 0 fully saturated rings. The third-order valence-corrected chi connectivity index (χ3v) is 3.76. The number of nitrogens with zero attached hydrogens (tertiary/aromatic N) is 4. The van der Waals surface area contributed by atoms with E-state index in [0.29, 0.717) is 18.3 Å². The van der Waals surface area contributed by atoms with Crippen LogP contribution in [0.25, 0.3) is 0 Å². The van der Waals surface area contributed by atoms with Crippen LogP contribution in [0, 0.1) is 0 Å². The minimum absolute atomic E-state index is 0.0210. The highest BCUT2D eigenvalue weighted by molar-refractivity contribution is 7.98. The molecule has 10 heteroatoms. The molecule has 0 saturated heterocycles. The standard InChI is InChI=1S/C16H20N4O5S/c1-4-25-15(22)11-9-17-16(26-3)18-13(11)14(21)12-5-6-20(19-12)7-8-24-10-23-2/h5-6,9H,4,7-8,10H2,1-3H3. The number of rotatable bonds is 10. The van der Waals surface area contributed by atoms with Crippen molar-refractivity contribution in [2.45, 2.75) is 18.6 Å². The molecule has 140 valence electrons. The molecule has 0 unspecified atom stereocenters. The summed E-state index contributed by atoms with van der Waals surface area (Å²) < 4.78 is 16.5. The first-order valence-electron chi connectivity index (χ1n) is 7.83. The van der Waals surface area contributed by atoms with Crippen LogP contribution in [0.2, 0.25) is 0 Å². The van der Waals surface area contributed by atoms with Crippen LogP contribution in [0.4, 0.5) is 0 Å². The largest absolute Gasteiger partial charge is 0.462 e. The van der Waals surface area contributed by atoms with Crippen LogP contribution in [-0.2, 0) is 20.8 Å². The summed E-state index contributed by atoms with van der Waals surface area (Å²) in [6.45, 7) is 2.91. The Bertz CT molecular complexity index is 765. The van der Waals surface area contributed by atoms with E-state index in [4.69, 9.17) is 14.2 Å². The van der Waals surface area contributed by atoms with Gasteiger partial charge in [-0.3, -0.25) is 9.48 Å². The molecule has 2 heterocycles. The van der Waals surface area contributed by atoms with Crippen molar-refractivity contribution in [1.29, 1.82) is 0 Å². The van der Waals surface area contributed by atoms with E-state index in [-0.39, 0.29) is 30.4 Å². The minimum atomic E-state index is -0.643. The predicted octanol–water partition coefficient (Wildman–Crippen LogP) is 1.42. The van der Waals surface area contributed by atoms with Crippen LogP contribution in [0.15, 0.2) is 23.6 Å². The highest BCUT2D eigenvalue weighted by atomic mass is 32.2. The molecule has 0 radical (unpaired) electrons. The van der Waals surface area contributed by atoms with Crippen molar-refractivity contribution in [3.63, 3.8) is 0 Å². The fraction of sp³-hybridized carbons (Fsp3) is 0.438. The van der Waals surface area contributed by atoms with Crippen LogP contribution in [0.5, 0.6) is 0 Å². The van der Waals surface area contributed by atoms with E-state index in [1.54, 1.807) is 30.1 Å². The van der Waals surface area contributed by atoms with Gasteiger partial charge in [-0.1, -0.05) is 11.8 Å². The van der Waals surface area contributed by atoms with Crippen molar-refractivity contribution in [2.24, 2.45) is 0 Å². The van der Waals surface area contributed by atoms with Gasteiger partial charge in [-0.15, -0.1) is 0 Å². The van der Waals surface area contributed by atoms with Crippen molar-refractivity contribution < 1.29 is 23.8 Å². The van der Waals surface area contributed by atoms with Gasteiger partial charge < -0.3 is 14.2 Å². The number of aromatic nitrogens is 4. The number of methoxy groups -OCH3 is 1. The molecular formula is C16H20N4O5S. The average molecular weight is 380 g/mol. The lowest BCUT2D eigenvalue weighted by Crippen LogP contribution is -2.17. The molecule has 0 atom stereocenters. The van der Waals surface area contributed by atoms with Crippen molar-refractivity contribution in [1.82, 2.24) is 19.7 Å². The van der Waals surface area contributed by atoms with Gasteiger partial charge >= 0.3 is 5.97 Å². The number of hydrogen-bond acceptors (Lipinski definition) is 9. The molecule has 2 aromatic rings. The molecule has 0 aliphatic rings. The molecule has 0 saturated carbocycles. The second-order valence-electron chi connectivity index (χ2n) is 4.95. The molecule has 2 rings (SSSR count). The van der Waals surface area contributed by atoms with Gasteiger partial charge in [0.25, 0.3) is 0 Å². The van der Waals surface area contributed by atoms with Crippen molar-refractivity contribution in [2.75, 3.05) is 33.4 Å². The van der Waals surface area contributed by atoms with Gasteiger partial charge in [0.15, 0.2) is 5.16 Å². The van der Waals surface area contributed by atoms with E-state index in [2.05, 4.69) is 15.1 Å². The van der Waals surface area contributed by atoms with Crippen molar-refractivity contribution >= 4 is 23.5 Å². The summed E-state index contributed by atoms with van der Waals surface area (Å²) in [6.07, 6.45) is 4.74. The number of thioether (sulfide) groups is 1. The summed E-state index contributed by atoms with van der Waals surface area (Å²) in [5, 5.41) is 4.60. The maximum atomic E-state index is 12.8. The first kappa shape index (κ1) is 20.0. The fourth-order valence-electron chi connectivity index (χ4n) is 2.02. The maximum absolute atomic E-state index is 12.8. The molecule has 2 aromatic heterocycles. The second-order valence-corrected chi connectivity index (χ2v) is 5.72. The number of carbonyl (C=O) groups is 2. The first-order chi connectivity index (χ1) is 12.6. The zero-order valence-electron chi connectivity index (χ0n) is 14.8. The zero-order valence-corrected chi connectivity index (χ0v) is 15.6. The van der Waals surface area contributed by atoms with E-state index < -0.39 is 11.8 Å². The van der Waals surface area contributed by atoms with Crippen LogP contribution < -0.4 is 0 Å². The predicted molar refractivity (Wildman–Crippen MR) is 93.3 cm³/mol. The smallest absolute Gasteiger partial charge is 0.342 e. The number of hydrogen-bond donors (Lipinski definition) is 0. The highest BCUT2D eigenvalue weighted by Crippen LogP contribution is 2.16. The molecule has 0 aliphatic carbocycles. The third kappa shape index (κ3) is 5.10. The Hall–Kier alpha value is -2.30. The van der Waals surface area contributed by atoms with E-state index in [9.17, 15) is 9.59 Å². The van der Waals surface area contributed by atoms with Crippen LogP contribution in [-0.4, -0.2) is 64.9 Å². The van der Waals surface area contributed by atoms with Gasteiger partial charge in [-0.2, -0.15) is 5.10 Å². The molecule has 0 aromatic carbocycles. The Balaban J connectivity index is 2.22. The van der Waals surface area contributed by atoms with Gasteiger partial charge in [0.2, 0.25) is 5.78 Å². The number of esters is 1. The summed E-state index contributed by atoms with van der Waals surface area (Å²) in [6, 6.07) is 1.56. The fourth-order valence-corrected chi connectivity index (χ4v) is 2.36. The summed E-state index contributed by atoms with van der Waals surface area (Å²) in [5.74, 6) is -1.11. The minimum Gasteiger partial charge on any atom is -0.462 e. The first-order valence-corrected chi connectivity index (χ1v) is 9.06. The average Bonchev–Trinajstić information content (AvgIpc) is 3.13. The topological polar surface area (TPSA) is 105 Å². The lowest BCUT2D eigenvalue weighted by molar-refractivity contribution is -0.0336. The maximum Gasteiger partial charge on any atom is 0.342 e. The lowest BCUT2D eigenvalue weighted by atomic mass is 10.1. The number of carbonyl (C=O) groups excluding carboxylic acids is 2. The number of ether oxygens (including phenoxy) is 3. The Morgan fingerprint density at radius 2 is 2.15 bits per heavy atom. The van der Waals surface area contributed by atoms with E-state index in [1.165, 1.54) is 25.1 Å². The van der Waals surface area contributed by atoms with Crippen LogP contribution in [0.3, 0.4) is 0 Å². The van der Waals surface area contributed by atoms with Gasteiger partial charge in [0, 0.05) is 19.5 Å². The Morgan fingerprint density at radius 3 is 2.85 bits per heavy atom. The monoisotopic (exact) mass is 380 g/mol. The normalized spacial score (nSPS) is 10.7. The quantitative estimate of drug-likeness (QED) is 0.151. The molecule has 0 amide bonds. The van der Waals surface area contributed by atoms with Gasteiger partial charge in [0.05, 0.1) is 19.8 Å². The Morgan fingerprint density at radius 1 is 1.35 bits per heavy atom. The van der Waals surface area contributed by atoms with Crippen LogP contribution >= 0.6 is 11.8 Å². The third-order valence-electron chi connectivity index (χ3n) is 3.20. The molecule has 0 bridgehead atoms. The summed E-state index contributed by atoms with van der Waals surface area (Å²) >= 11 is 1.27. The lowest BCUT2D eigenvalue weighted by Gasteiger charge is -2.07. The molecule has 26 heavy (non-hydrogen) atoms. The van der Waals surface area contributed by atoms with Crippen molar-refractivity contribution in [3.8, 4) is 0 Å². The van der Waals surface area contributed by atoms with E-state index in [0.717, 1.165) is 0 Å². The second kappa shape index (κ2) is 10.00. The summed E-state index contributed by atoms with van der Waals surface area (Å²) in [4.78, 5) is 33.1. The van der Waals surface area contributed by atoms with Crippen LogP contribution in [0.1, 0.15) is 33.5 Å². The Labute approximate surface area is 155 Å².